The molecule has 0 radical (unpaired) electrons. The molecule has 0 aromatic carbocycles. The van der Waals surface area contributed by atoms with Crippen LogP contribution >= 0.6 is 0 Å². The highest BCUT2D eigenvalue weighted by atomic mass is 14.0. The lowest BCUT2D eigenvalue weighted by molar-refractivity contribution is 0.702. The molecule has 1 saturated carbocycles. The highest BCUT2D eigenvalue weighted by molar-refractivity contribution is 4.63. The van der Waals surface area contributed by atoms with Gasteiger partial charge >= 0.3 is 0 Å². The van der Waals surface area contributed by atoms with Gasteiger partial charge in [-0.1, -0.05) is 64.4 Å². The molecule has 1 fully saturated rings. The van der Waals surface area contributed by atoms with Crippen LogP contribution in [0.15, 0.2) is 12.7 Å². The van der Waals surface area contributed by atoms with Crippen molar-refractivity contribution in [2.75, 3.05) is 0 Å². The molecule has 0 unspecified atom stereocenters. The molecule has 0 nitrogen and oxygen atoms in total. The minimum absolute atomic E-state index is 1.15. The Kier molecular flexibility index (Phi) is 10.5. The average Bonchev–Trinajstić information content (AvgIpc) is 2.37. The first-order valence-electron chi connectivity index (χ1n) is 5.52. The zero-order valence-corrected chi connectivity index (χ0v) is 8.65. The first kappa shape index (κ1) is 11.7. The summed E-state index contributed by atoms with van der Waals surface area (Å²) < 4.78 is 0. The number of rotatable bonds is 2. The van der Waals surface area contributed by atoms with Gasteiger partial charge in [0.1, 0.15) is 0 Å². The van der Waals surface area contributed by atoms with Crippen LogP contribution in [-0.2, 0) is 0 Å². The van der Waals surface area contributed by atoms with E-state index in [1.54, 1.807) is 0 Å². The second kappa shape index (κ2) is 10.7. The van der Waals surface area contributed by atoms with E-state index in [1.165, 1.54) is 51.4 Å². The van der Waals surface area contributed by atoms with Gasteiger partial charge in [-0.3, -0.25) is 0 Å². The van der Waals surface area contributed by atoms with E-state index in [1.807, 2.05) is 6.08 Å². The predicted molar refractivity (Wildman–Crippen MR) is 57.4 cm³/mol. The molecule has 1 rings (SSSR count). The van der Waals surface area contributed by atoms with E-state index in [9.17, 15) is 0 Å². The van der Waals surface area contributed by atoms with Gasteiger partial charge < -0.3 is 0 Å². The second-order valence-corrected chi connectivity index (χ2v) is 3.55. The molecule has 0 N–H and O–H groups in total. The lowest BCUT2D eigenvalue weighted by Crippen LogP contribution is -1.66. The summed E-state index contributed by atoms with van der Waals surface area (Å²) in [6, 6.07) is 0. The summed E-state index contributed by atoms with van der Waals surface area (Å²) in [5.74, 6) is 0. The second-order valence-electron chi connectivity index (χ2n) is 3.55. The fourth-order valence-corrected chi connectivity index (χ4v) is 1.44. The Morgan fingerprint density at radius 1 is 0.917 bits per heavy atom. The molecule has 72 valence electrons. The van der Waals surface area contributed by atoms with Gasteiger partial charge in [-0.2, -0.15) is 0 Å². The lowest BCUT2D eigenvalue weighted by atomic mass is 10.2. The number of hydrogen-bond donors (Lipinski definition) is 0. The molecule has 0 saturated heterocycles. The van der Waals surface area contributed by atoms with Gasteiger partial charge in [0.15, 0.2) is 0 Å². The summed E-state index contributed by atoms with van der Waals surface area (Å²) in [5.41, 5.74) is 0. The topological polar surface area (TPSA) is 0 Å². The predicted octanol–water partition coefficient (Wildman–Crippen LogP) is 4.70. The summed E-state index contributed by atoms with van der Waals surface area (Å²) in [6.45, 7) is 5.69. The smallest absolute Gasteiger partial charge is 0.0356 e. The largest absolute Gasteiger partial charge is 0.103 e. The molecule has 0 aromatic heterocycles. The monoisotopic (exact) mass is 168 g/mol. The first-order valence-corrected chi connectivity index (χ1v) is 5.52. The Morgan fingerprint density at radius 2 is 1.25 bits per heavy atom. The molecule has 0 heteroatoms. The van der Waals surface area contributed by atoms with Crippen molar-refractivity contribution in [2.24, 2.45) is 0 Å². The molecule has 1 aliphatic carbocycles. The Labute approximate surface area is 78.1 Å². The van der Waals surface area contributed by atoms with Crippen LogP contribution in [0.25, 0.3) is 0 Å². The number of allylic oxidation sites excluding steroid dienone is 1. The van der Waals surface area contributed by atoms with Crippen molar-refractivity contribution in [1.82, 2.24) is 0 Å². The van der Waals surface area contributed by atoms with Gasteiger partial charge in [-0.25, -0.2) is 0 Å². The van der Waals surface area contributed by atoms with E-state index in [0.717, 1.165) is 6.42 Å². The highest BCUT2D eigenvalue weighted by Gasteiger charge is 1.95. The highest BCUT2D eigenvalue weighted by Crippen LogP contribution is 2.15. The third-order valence-corrected chi connectivity index (χ3v) is 2.24. The van der Waals surface area contributed by atoms with Crippen molar-refractivity contribution < 1.29 is 0 Å². The van der Waals surface area contributed by atoms with Crippen LogP contribution in [-0.4, -0.2) is 0 Å². The molecule has 0 bridgehead atoms. The third-order valence-electron chi connectivity index (χ3n) is 2.24. The molecular formula is C12H24. The molecular weight excluding hydrogens is 144 g/mol. The van der Waals surface area contributed by atoms with Gasteiger partial charge in [0, 0.05) is 0 Å². The maximum absolute atomic E-state index is 3.55. The quantitative estimate of drug-likeness (QED) is 0.414. The normalized spacial score (nSPS) is 17.1. The van der Waals surface area contributed by atoms with E-state index < -0.39 is 0 Å². The van der Waals surface area contributed by atoms with E-state index in [0.29, 0.717) is 0 Å². The van der Waals surface area contributed by atoms with Gasteiger partial charge in [-0.05, 0) is 6.42 Å². The van der Waals surface area contributed by atoms with E-state index in [4.69, 9.17) is 0 Å². The van der Waals surface area contributed by atoms with Crippen molar-refractivity contribution in [1.29, 1.82) is 0 Å². The lowest BCUT2D eigenvalue weighted by Gasteiger charge is -1.85. The zero-order valence-electron chi connectivity index (χ0n) is 8.65. The van der Waals surface area contributed by atoms with Crippen LogP contribution < -0.4 is 0 Å². The number of unbranched alkanes of at least 4 members (excludes halogenated alkanes) is 1. The van der Waals surface area contributed by atoms with Gasteiger partial charge in [0.25, 0.3) is 0 Å². The van der Waals surface area contributed by atoms with Crippen LogP contribution in [0.3, 0.4) is 0 Å². The summed E-state index contributed by atoms with van der Waals surface area (Å²) in [6.07, 6.45) is 14.8. The fraction of sp³-hybridized carbons (Fsp3) is 0.833. The molecule has 12 heavy (non-hydrogen) atoms. The molecule has 0 amide bonds. The molecule has 0 heterocycles. The molecule has 0 spiro atoms. The first-order chi connectivity index (χ1) is 5.91. The van der Waals surface area contributed by atoms with E-state index >= 15 is 0 Å². The Balaban J connectivity index is 0.000000217. The molecule has 0 aliphatic heterocycles. The van der Waals surface area contributed by atoms with E-state index in [2.05, 4.69) is 13.5 Å². The Morgan fingerprint density at radius 3 is 1.33 bits per heavy atom. The molecule has 1 aliphatic rings. The van der Waals surface area contributed by atoms with Crippen molar-refractivity contribution >= 4 is 0 Å². The SMILES string of the molecule is C1CCCCCC1.C=CCCC. The summed E-state index contributed by atoms with van der Waals surface area (Å²) >= 11 is 0. The minimum Gasteiger partial charge on any atom is -0.103 e. The van der Waals surface area contributed by atoms with Gasteiger partial charge in [0.05, 0.1) is 0 Å². The van der Waals surface area contributed by atoms with Crippen LogP contribution in [0.5, 0.6) is 0 Å². The third kappa shape index (κ3) is 9.74. The standard InChI is InChI=1S/C7H14.C5H10/c1-2-4-6-7-5-3-1;1-3-5-4-2/h1-7H2;3H,1,4-5H2,2H3. The van der Waals surface area contributed by atoms with Crippen molar-refractivity contribution in [3.63, 3.8) is 0 Å². The summed E-state index contributed by atoms with van der Waals surface area (Å²) in [5, 5.41) is 0. The van der Waals surface area contributed by atoms with Crippen LogP contribution in [0, 0.1) is 0 Å². The van der Waals surface area contributed by atoms with Gasteiger partial charge in [0.2, 0.25) is 0 Å². The average molecular weight is 168 g/mol. The molecule has 0 aromatic rings. The summed E-state index contributed by atoms with van der Waals surface area (Å²) in [7, 11) is 0. The maximum atomic E-state index is 3.55. The Bertz CT molecular complexity index is 64.4. The van der Waals surface area contributed by atoms with Crippen molar-refractivity contribution in [2.45, 2.75) is 64.7 Å². The van der Waals surface area contributed by atoms with Gasteiger partial charge in [-0.15, -0.1) is 6.58 Å². The van der Waals surface area contributed by atoms with E-state index in [-0.39, 0.29) is 0 Å². The van der Waals surface area contributed by atoms with Crippen LogP contribution in [0.1, 0.15) is 64.7 Å². The molecule has 0 atom stereocenters. The van der Waals surface area contributed by atoms with Crippen LogP contribution in [0.4, 0.5) is 0 Å². The maximum Gasteiger partial charge on any atom is -0.0356 e. The van der Waals surface area contributed by atoms with Crippen molar-refractivity contribution in [3.8, 4) is 0 Å². The minimum atomic E-state index is 1.15. The van der Waals surface area contributed by atoms with Crippen molar-refractivity contribution in [3.05, 3.63) is 12.7 Å². The Hall–Kier alpha value is -0.260. The number of hydrogen-bond acceptors (Lipinski definition) is 0. The van der Waals surface area contributed by atoms with Crippen LogP contribution in [0.2, 0.25) is 0 Å². The summed E-state index contributed by atoms with van der Waals surface area (Å²) in [4.78, 5) is 0. The fourth-order valence-electron chi connectivity index (χ4n) is 1.44. The zero-order chi connectivity index (χ0) is 9.07.